The standard InChI is InChI=1S/C16H23N3O2/c1-16(2,3)13(17)15(21)19-12-6-4-5-10(9-12)14(20)18-11-7-8-11/h4-6,9,11,13H,7-8,17H2,1-3H3,(H,18,20)(H,19,21)/t13-/m0/s1. The van der Waals surface area contributed by atoms with Crippen molar-refractivity contribution in [3.8, 4) is 0 Å². The maximum absolute atomic E-state index is 12.1. The Balaban J connectivity index is 2.03. The van der Waals surface area contributed by atoms with Gasteiger partial charge in [0, 0.05) is 17.3 Å². The van der Waals surface area contributed by atoms with Crippen molar-refractivity contribution in [3.05, 3.63) is 29.8 Å². The molecule has 1 fully saturated rings. The van der Waals surface area contributed by atoms with Crippen molar-refractivity contribution in [2.45, 2.75) is 45.7 Å². The SMILES string of the molecule is CC(C)(C)[C@@H](N)C(=O)Nc1cccc(C(=O)NC2CC2)c1. The minimum Gasteiger partial charge on any atom is -0.349 e. The van der Waals surface area contributed by atoms with Crippen LogP contribution in [-0.2, 0) is 4.79 Å². The number of nitrogens with one attached hydrogen (secondary N) is 2. The third-order valence-electron chi connectivity index (χ3n) is 3.52. The van der Waals surface area contributed by atoms with E-state index in [2.05, 4.69) is 10.6 Å². The van der Waals surface area contributed by atoms with Crippen LogP contribution in [0.15, 0.2) is 24.3 Å². The van der Waals surface area contributed by atoms with E-state index in [4.69, 9.17) is 5.73 Å². The molecule has 0 aliphatic heterocycles. The highest BCUT2D eigenvalue weighted by Gasteiger charge is 2.27. The summed E-state index contributed by atoms with van der Waals surface area (Å²) >= 11 is 0. The van der Waals surface area contributed by atoms with Gasteiger partial charge in [-0.2, -0.15) is 0 Å². The van der Waals surface area contributed by atoms with Gasteiger partial charge >= 0.3 is 0 Å². The predicted molar refractivity (Wildman–Crippen MR) is 83.0 cm³/mol. The first-order valence-electron chi connectivity index (χ1n) is 7.25. The summed E-state index contributed by atoms with van der Waals surface area (Å²) in [4.78, 5) is 24.1. The molecule has 1 aromatic carbocycles. The van der Waals surface area contributed by atoms with E-state index in [0.29, 0.717) is 17.3 Å². The number of carbonyl (C=O) groups is 2. The van der Waals surface area contributed by atoms with Crippen LogP contribution in [0.2, 0.25) is 0 Å². The second-order valence-corrected chi connectivity index (χ2v) is 6.66. The molecule has 0 saturated heterocycles. The van der Waals surface area contributed by atoms with E-state index < -0.39 is 6.04 Å². The molecule has 0 aromatic heterocycles. The van der Waals surface area contributed by atoms with Gasteiger partial charge in [0.05, 0.1) is 6.04 Å². The topological polar surface area (TPSA) is 84.2 Å². The molecule has 1 aliphatic rings. The molecule has 5 nitrogen and oxygen atoms in total. The molecule has 114 valence electrons. The lowest BCUT2D eigenvalue weighted by atomic mass is 9.87. The Kier molecular flexibility index (Phi) is 4.32. The number of amides is 2. The number of nitrogens with two attached hydrogens (primary N) is 1. The number of rotatable bonds is 4. The number of hydrogen-bond acceptors (Lipinski definition) is 3. The van der Waals surface area contributed by atoms with Crippen molar-refractivity contribution in [2.24, 2.45) is 11.1 Å². The molecule has 1 atom stereocenters. The summed E-state index contributed by atoms with van der Waals surface area (Å²) < 4.78 is 0. The molecule has 0 heterocycles. The summed E-state index contributed by atoms with van der Waals surface area (Å²) in [6.45, 7) is 5.74. The Morgan fingerprint density at radius 2 is 1.95 bits per heavy atom. The highest BCUT2D eigenvalue weighted by molar-refractivity contribution is 5.98. The molecule has 0 bridgehead atoms. The van der Waals surface area contributed by atoms with Gasteiger partial charge in [0.2, 0.25) is 5.91 Å². The van der Waals surface area contributed by atoms with Gasteiger partial charge in [-0.25, -0.2) is 0 Å². The fourth-order valence-electron chi connectivity index (χ4n) is 1.85. The van der Waals surface area contributed by atoms with Crippen LogP contribution in [0.3, 0.4) is 0 Å². The van der Waals surface area contributed by atoms with Gasteiger partial charge in [-0.1, -0.05) is 26.8 Å². The number of anilines is 1. The van der Waals surface area contributed by atoms with Crippen LogP contribution in [0.4, 0.5) is 5.69 Å². The highest BCUT2D eigenvalue weighted by Crippen LogP contribution is 2.21. The molecule has 0 spiro atoms. The molecule has 2 rings (SSSR count). The second-order valence-electron chi connectivity index (χ2n) is 6.66. The maximum atomic E-state index is 12.1. The molecule has 1 aliphatic carbocycles. The Morgan fingerprint density at radius 3 is 2.52 bits per heavy atom. The first-order valence-corrected chi connectivity index (χ1v) is 7.25. The average Bonchev–Trinajstić information content (AvgIpc) is 3.21. The van der Waals surface area contributed by atoms with Crippen molar-refractivity contribution in [1.29, 1.82) is 0 Å². The third kappa shape index (κ3) is 4.29. The summed E-state index contributed by atoms with van der Waals surface area (Å²) in [5.41, 5.74) is 6.74. The van der Waals surface area contributed by atoms with Gasteiger partial charge in [-0.15, -0.1) is 0 Å². The molecular formula is C16H23N3O2. The van der Waals surface area contributed by atoms with Crippen LogP contribution < -0.4 is 16.4 Å². The quantitative estimate of drug-likeness (QED) is 0.791. The van der Waals surface area contributed by atoms with E-state index >= 15 is 0 Å². The maximum Gasteiger partial charge on any atom is 0.251 e. The summed E-state index contributed by atoms with van der Waals surface area (Å²) in [5.74, 6) is -0.351. The van der Waals surface area contributed by atoms with Gasteiger partial charge in [-0.05, 0) is 36.5 Å². The summed E-state index contributed by atoms with van der Waals surface area (Å²) in [6.07, 6.45) is 2.09. The van der Waals surface area contributed by atoms with Gasteiger partial charge in [0.1, 0.15) is 0 Å². The molecule has 0 unspecified atom stereocenters. The fraction of sp³-hybridized carbons (Fsp3) is 0.500. The minimum atomic E-state index is -0.610. The number of carbonyl (C=O) groups excluding carboxylic acids is 2. The van der Waals surface area contributed by atoms with Crippen molar-refractivity contribution in [1.82, 2.24) is 5.32 Å². The Hall–Kier alpha value is -1.88. The lowest BCUT2D eigenvalue weighted by molar-refractivity contribution is -0.119. The average molecular weight is 289 g/mol. The number of benzene rings is 1. The van der Waals surface area contributed by atoms with Crippen LogP contribution in [0.5, 0.6) is 0 Å². The molecule has 1 aromatic rings. The van der Waals surface area contributed by atoms with E-state index in [1.807, 2.05) is 20.8 Å². The summed E-state index contributed by atoms with van der Waals surface area (Å²) in [5, 5.41) is 5.69. The Bertz CT molecular complexity index is 545. The zero-order valence-corrected chi connectivity index (χ0v) is 12.8. The lowest BCUT2D eigenvalue weighted by Gasteiger charge is -2.25. The van der Waals surface area contributed by atoms with Gasteiger partial charge in [-0.3, -0.25) is 9.59 Å². The van der Waals surface area contributed by atoms with E-state index in [-0.39, 0.29) is 17.2 Å². The molecule has 1 saturated carbocycles. The monoisotopic (exact) mass is 289 g/mol. The molecule has 0 radical (unpaired) electrons. The van der Waals surface area contributed by atoms with E-state index in [1.165, 1.54) is 0 Å². The van der Waals surface area contributed by atoms with Gasteiger partial charge in [0.15, 0.2) is 0 Å². The minimum absolute atomic E-state index is 0.103. The molecule has 21 heavy (non-hydrogen) atoms. The zero-order valence-electron chi connectivity index (χ0n) is 12.8. The van der Waals surface area contributed by atoms with Gasteiger partial charge < -0.3 is 16.4 Å². The zero-order chi connectivity index (χ0) is 15.6. The summed E-state index contributed by atoms with van der Waals surface area (Å²) in [6, 6.07) is 6.61. The molecular weight excluding hydrogens is 266 g/mol. The van der Waals surface area contributed by atoms with Crippen LogP contribution in [0.25, 0.3) is 0 Å². The van der Waals surface area contributed by atoms with Crippen molar-refractivity contribution >= 4 is 17.5 Å². The van der Waals surface area contributed by atoms with Crippen molar-refractivity contribution < 1.29 is 9.59 Å². The van der Waals surface area contributed by atoms with Crippen LogP contribution in [0, 0.1) is 5.41 Å². The molecule has 2 amide bonds. The first-order chi connectivity index (χ1) is 9.77. The smallest absolute Gasteiger partial charge is 0.251 e. The van der Waals surface area contributed by atoms with Gasteiger partial charge in [0.25, 0.3) is 5.91 Å². The third-order valence-corrected chi connectivity index (χ3v) is 3.52. The lowest BCUT2D eigenvalue weighted by Crippen LogP contribution is -2.45. The van der Waals surface area contributed by atoms with E-state index in [0.717, 1.165) is 12.8 Å². The van der Waals surface area contributed by atoms with Crippen molar-refractivity contribution in [3.63, 3.8) is 0 Å². The largest absolute Gasteiger partial charge is 0.349 e. The fourth-order valence-corrected chi connectivity index (χ4v) is 1.85. The molecule has 4 N–H and O–H groups in total. The highest BCUT2D eigenvalue weighted by atomic mass is 16.2. The normalized spacial score (nSPS) is 16.2. The Morgan fingerprint density at radius 1 is 1.29 bits per heavy atom. The van der Waals surface area contributed by atoms with Crippen LogP contribution in [0.1, 0.15) is 44.0 Å². The summed E-state index contributed by atoms with van der Waals surface area (Å²) in [7, 11) is 0. The second kappa shape index (κ2) is 5.85. The van der Waals surface area contributed by atoms with Crippen LogP contribution >= 0.6 is 0 Å². The number of hydrogen-bond donors (Lipinski definition) is 3. The van der Waals surface area contributed by atoms with E-state index in [1.54, 1.807) is 24.3 Å². The van der Waals surface area contributed by atoms with E-state index in [9.17, 15) is 9.59 Å². The van der Waals surface area contributed by atoms with Crippen LogP contribution in [-0.4, -0.2) is 23.9 Å². The molecule has 5 heteroatoms. The predicted octanol–water partition coefficient (Wildman–Crippen LogP) is 1.89. The first kappa shape index (κ1) is 15.5. The Labute approximate surface area is 125 Å². The van der Waals surface area contributed by atoms with Crippen molar-refractivity contribution in [2.75, 3.05) is 5.32 Å².